The number of carbonyl (C=O) groups excluding carboxylic acids is 1. The van der Waals surface area contributed by atoms with Crippen LogP contribution in [0.1, 0.15) is 15.9 Å². The molecule has 0 saturated heterocycles. The molecule has 0 aliphatic heterocycles. The number of carbonyl (C=O) groups is 1. The molecule has 5 heteroatoms. The van der Waals surface area contributed by atoms with E-state index in [1.165, 1.54) is 7.11 Å². The number of esters is 1. The Hall–Kier alpha value is -1.71. The molecule has 0 amide bonds. The van der Waals surface area contributed by atoms with Crippen molar-refractivity contribution in [1.82, 2.24) is 0 Å². The summed E-state index contributed by atoms with van der Waals surface area (Å²) in [6.07, 6.45) is 0. The van der Waals surface area contributed by atoms with E-state index in [-0.39, 0.29) is 0 Å². The zero-order valence-corrected chi connectivity index (χ0v) is 13.5. The summed E-state index contributed by atoms with van der Waals surface area (Å²) in [7, 11) is 3.17. The number of para-hydroxylation sites is 1. The molecule has 0 bridgehead atoms. The van der Waals surface area contributed by atoms with Crippen LogP contribution in [0.2, 0.25) is 10.0 Å². The molecule has 0 atom stereocenters. The number of nitrogens with zero attached hydrogens (tertiary/aromatic N) is 1. The lowest BCUT2D eigenvalue weighted by Crippen LogP contribution is -2.16. The van der Waals surface area contributed by atoms with Crippen LogP contribution in [-0.4, -0.2) is 20.1 Å². The van der Waals surface area contributed by atoms with Gasteiger partial charge in [-0.05, 0) is 30.7 Å². The van der Waals surface area contributed by atoms with E-state index in [4.69, 9.17) is 27.9 Å². The standard InChI is InChI=1S/C16H15Cl2NO2/c1-10-8-9-12(17)15(14(10)18)19(2)13-7-5-4-6-11(13)16(20)21-3/h4-9H,1-3H3. The average molecular weight is 324 g/mol. The minimum Gasteiger partial charge on any atom is -0.465 e. The van der Waals surface area contributed by atoms with Gasteiger partial charge in [-0.15, -0.1) is 0 Å². The van der Waals surface area contributed by atoms with Crippen molar-refractivity contribution in [3.05, 3.63) is 57.6 Å². The molecule has 0 spiro atoms. The van der Waals surface area contributed by atoms with Gasteiger partial charge in [0.15, 0.2) is 0 Å². The summed E-state index contributed by atoms with van der Waals surface area (Å²) in [5.41, 5.74) is 2.71. The molecule has 21 heavy (non-hydrogen) atoms. The smallest absolute Gasteiger partial charge is 0.339 e. The highest BCUT2D eigenvalue weighted by atomic mass is 35.5. The lowest BCUT2D eigenvalue weighted by Gasteiger charge is -2.24. The number of aryl methyl sites for hydroxylation is 1. The Bertz CT molecular complexity index is 686. The largest absolute Gasteiger partial charge is 0.465 e. The lowest BCUT2D eigenvalue weighted by atomic mass is 10.1. The van der Waals surface area contributed by atoms with Gasteiger partial charge in [0, 0.05) is 7.05 Å². The van der Waals surface area contributed by atoms with Gasteiger partial charge in [-0.3, -0.25) is 0 Å². The SMILES string of the molecule is COC(=O)c1ccccc1N(C)c1c(Cl)ccc(C)c1Cl. The fourth-order valence-electron chi connectivity index (χ4n) is 2.12. The molecule has 2 rings (SSSR count). The number of halogens is 2. The molecule has 0 heterocycles. The fraction of sp³-hybridized carbons (Fsp3) is 0.188. The first-order valence-electron chi connectivity index (χ1n) is 6.33. The Balaban J connectivity index is 2.59. The van der Waals surface area contributed by atoms with E-state index in [9.17, 15) is 4.79 Å². The molecule has 0 unspecified atom stereocenters. The highest BCUT2D eigenvalue weighted by molar-refractivity contribution is 6.39. The first-order chi connectivity index (χ1) is 9.97. The summed E-state index contributed by atoms with van der Waals surface area (Å²) in [4.78, 5) is 13.7. The number of methoxy groups -OCH3 is 1. The first-order valence-corrected chi connectivity index (χ1v) is 7.08. The Morgan fingerprint density at radius 2 is 1.81 bits per heavy atom. The van der Waals surface area contributed by atoms with Crippen LogP contribution >= 0.6 is 23.2 Å². The maximum atomic E-state index is 11.9. The van der Waals surface area contributed by atoms with Crippen LogP contribution in [0.15, 0.2) is 36.4 Å². The van der Waals surface area contributed by atoms with Crippen molar-refractivity contribution in [1.29, 1.82) is 0 Å². The van der Waals surface area contributed by atoms with E-state index >= 15 is 0 Å². The summed E-state index contributed by atoms with van der Waals surface area (Å²) >= 11 is 12.6. The van der Waals surface area contributed by atoms with Crippen LogP contribution in [0.25, 0.3) is 0 Å². The van der Waals surface area contributed by atoms with Gasteiger partial charge >= 0.3 is 5.97 Å². The number of rotatable bonds is 3. The van der Waals surface area contributed by atoms with Gasteiger partial charge in [0.25, 0.3) is 0 Å². The molecule has 0 aliphatic carbocycles. The third kappa shape index (κ3) is 2.99. The third-order valence-electron chi connectivity index (χ3n) is 3.27. The third-order valence-corrected chi connectivity index (χ3v) is 4.05. The number of hydrogen-bond acceptors (Lipinski definition) is 3. The molecule has 110 valence electrons. The highest BCUT2D eigenvalue weighted by Crippen LogP contribution is 2.39. The van der Waals surface area contributed by atoms with Gasteiger partial charge in [-0.25, -0.2) is 4.79 Å². The molecule has 0 N–H and O–H groups in total. The Labute approximate surface area is 134 Å². The van der Waals surface area contributed by atoms with E-state index in [1.54, 1.807) is 23.1 Å². The topological polar surface area (TPSA) is 29.5 Å². The van der Waals surface area contributed by atoms with Crippen molar-refractivity contribution in [2.45, 2.75) is 6.92 Å². The molecule has 3 nitrogen and oxygen atoms in total. The maximum absolute atomic E-state index is 11.9. The van der Waals surface area contributed by atoms with E-state index in [0.717, 1.165) is 5.56 Å². The molecule has 0 aliphatic rings. The summed E-state index contributed by atoms with van der Waals surface area (Å²) < 4.78 is 4.82. The van der Waals surface area contributed by atoms with Crippen molar-refractivity contribution in [3.8, 4) is 0 Å². The van der Waals surface area contributed by atoms with Gasteiger partial charge in [0.2, 0.25) is 0 Å². The lowest BCUT2D eigenvalue weighted by molar-refractivity contribution is 0.0601. The van der Waals surface area contributed by atoms with Crippen LogP contribution in [0.4, 0.5) is 11.4 Å². The monoisotopic (exact) mass is 323 g/mol. The second kappa shape index (κ2) is 6.37. The zero-order chi connectivity index (χ0) is 15.6. The number of anilines is 2. The summed E-state index contributed by atoms with van der Waals surface area (Å²) in [6, 6.07) is 10.8. The van der Waals surface area contributed by atoms with Gasteiger partial charge in [-0.1, -0.05) is 41.4 Å². The molecule has 0 radical (unpaired) electrons. The summed E-state index contributed by atoms with van der Waals surface area (Å²) in [5.74, 6) is -0.405. The van der Waals surface area contributed by atoms with Crippen LogP contribution in [-0.2, 0) is 4.74 Å². The van der Waals surface area contributed by atoms with Crippen molar-refractivity contribution < 1.29 is 9.53 Å². The maximum Gasteiger partial charge on any atom is 0.339 e. The van der Waals surface area contributed by atoms with Crippen LogP contribution < -0.4 is 4.90 Å². The highest BCUT2D eigenvalue weighted by Gasteiger charge is 2.19. The van der Waals surface area contributed by atoms with Gasteiger partial charge in [0.05, 0.1) is 34.1 Å². The Kier molecular flexibility index (Phi) is 4.76. The Morgan fingerprint density at radius 3 is 2.48 bits per heavy atom. The number of hydrogen-bond donors (Lipinski definition) is 0. The average Bonchev–Trinajstić information content (AvgIpc) is 2.50. The quantitative estimate of drug-likeness (QED) is 0.756. The van der Waals surface area contributed by atoms with E-state index in [2.05, 4.69) is 0 Å². The molecule has 0 aromatic heterocycles. The molecular formula is C16H15Cl2NO2. The Morgan fingerprint density at radius 1 is 1.14 bits per heavy atom. The van der Waals surface area contributed by atoms with Crippen molar-refractivity contribution >= 4 is 40.5 Å². The normalized spacial score (nSPS) is 10.3. The molecule has 0 fully saturated rings. The second-order valence-corrected chi connectivity index (χ2v) is 5.38. The zero-order valence-electron chi connectivity index (χ0n) is 12.0. The van der Waals surface area contributed by atoms with E-state index in [1.807, 2.05) is 32.2 Å². The number of benzene rings is 2. The van der Waals surface area contributed by atoms with Crippen molar-refractivity contribution in [3.63, 3.8) is 0 Å². The van der Waals surface area contributed by atoms with Gasteiger partial charge < -0.3 is 9.64 Å². The molecular weight excluding hydrogens is 309 g/mol. The minimum absolute atomic E-state index is 0.405. The second-order valence-electron chi connectivity index (χ2n) is 4.59. The molecule has 0 saturated carbocycles. The van der Waals surface area contributed by atoms with Gasteiger partial charge in [0.1, 0.15) is 0 Å². The van der Waals surface area contributed by atoms with Crippen molar-refractivity contribution in [2.75, 3.05) is 19.1 Å². The predicted molar refractivity (Wildman–Crippen MR) is 87.0 cm³/mol. The van der Waals surface area contributed by atoms with Crippen LogP contribution in [0.5, 0.6) is 0 Å². The van der Waals surface area contributed by atoms with Crippen LogP contribution in [0, 0.1) is 6.92 Å². The van der Waals surface area contributed by atoms with Crippen LogP contribution in [0.3, 0.4) is 0 Å². The fourth-order valence-corrected chi connectivity index (χ4v) is 2.74. The molecule has 2 aromatic carbocycles. The minimum atomic E-state index is -0.405. The molecule has 2 aromatic rings. The number of ether oxygens (including phenoxy) is 1. The summed E-state index contributed by atoms with van der Waals surface area (Å²) in [6.45, 7) is 1.90. The van der Waals surface area contributed by atoms with Gasteiger partial charge in [-0.2, -0.15) is 0 Å². The van der Waals surface area contributed by atoms with E-state index < -0.39 is 5.97 Å². The van der Waals surface area contributed by atoms with E-state index in [0.29, 0.717) is 27.0 Å². The summed E-state index contributed by atoms with van der Waals surface area (Å²) in [5, 5.41) is 1.08. The predicted octanol–water partition coefficient (Wildman–Crippen LogP) is 4.86. The van der Waals surface area contributed by atoms with Crippen molar-refractivity contribution in [2.24, 2.45) is 0 Å². The first kappa shape index (κ1) is 15.7.